The first kappa shape index (κ1) is 33.7. The molecule has 1 aliphatic heterocycles. The lowest BCUT2D eigenvalue weighted by atomic mass is 9.80. The van der Waals surface area contributed by atoms with Gasteiger partial charge in [-0.25, -0.2) is 9.59 Å². The first-order valence-corrected chi connectivity index (χ1v) is 15.5. The van der Waals surface area contributed by atoms with Gasteiger partial charge in [0.25, 0.3) is 5.69 Å². The number of nitrogens with zero attached hydrogens (tertiary/aromatic N) is 1. The quantitative estimate of drug-likeness (QED) is 0.114. The van der Waals surface area contributed by atoms with Crippen molar-refractivity contribution >= 4 is 17.6 Å². The van der Waals surface area contributed by atoms with Gasteiger partial charge in [-0.15, -0.1) is 0 Å². The lowest BCUT2D eigenvalue weighted by molar-refractivity contribution is -0.384. The number of aliphatic hydroxyl groups is 1. The maximum Gasteiger partial charge on any atom is 0.336 e. The summed E-state index contributed by atoms with van der Waals surface area (Å²) in [5.74, 6) is -0.872. The second kappa shape index (κ2) is 16.2. The van der Waals surface area contributed by atoms with Gasteiger partial charge in [0.15, 0.2) is 0 Å². The first-order chi connectivity index (χ1) is 21.7. The highest BCUT2D eigenvalue weighted by atomic mass is 16.6. The highest BCUT2D eigenvalue weighted by Crippen LogP contribution is 2.40. The van der Waals surface area contributed by atoms with Crippen LogP contribution in [0.15, 0.2) is 71.1 Å². The number of carbonyl (C=O) groups excluding carboxylic acids is 2. The molecule has 0 aromatic heterocycles. The van der Waals surface area contributed by atoms with Crippen molar-refractivity contribution in [3.8, 4) is 5.75 Å². The number of nitro benzene ring substituents is 1. The molecule has 4 rings (SSSR count). The largest absolute Gasteiger partial charge is 0.491 e. The minimum Gasteiger partial charge on any atom is -0.491 e. The SMILES string of the molecule is COC(=O)C1=C(C)NC(C)=C(C(=O)OCCCNCC(O)COc2ccccc2C2CCCCC2)C1c1cccc([N+](=O)[O-])c1. The van der Waals surface area contributed by atoms with Gasteiger partial charge in [0, 0.05) is 30.1 Å². The van der Waals surface area contributed by atoms with Crippen LogP contribution < -0.4 is 15.4 Å². The van der Waals surface area contributed by atoms with E-state index >= 15 is 0 Å². The van der Waals surface area contributed by atoms with Crippen LogP contribution >= 0.6 is 0 Å². The van der Waals surface area contributed by atoms with Crippen LogP contribution in [0.3, 0.4) is 0 Å². The number of hydrogen-bond acceptors (Lipinski definition) is 10. The van der Waals surface area contributed by atoms with Crippen LogP contribution in [0.5, 0.6) is 5.75 Å². The molecule has 2 aromatic carbocycles. The number of rotatable bonds is 14. The molecule has 3 N–H and O–H groups in total. The molecule has 0 spiro atoms. The van der Waals surface area contributed by atoms with Crippen LogP contribution in [0, 0.1) is 10.1 Å². The number of methoxy groups -OCH3 is 1. The molecule has 0 radical (unpaired) electrons. The summed E-state index contributed by atoms with van der Waals surface area (Å²) in [6.07, 6.45) is 5.85. The average molecular weight is 622 g/mol. The molecule has 2 atom stereocenters. The van der Waals surface area contributed by atoms with E-state index in [1.54, 1.807) is 19.9 Å². The van der Waals surface area contributed by atoms with Gasteiger partial charge in [-0.3, -0.25) is 10.1 Å². The summed E-state index contributed by atoms with van der Waals surface area (Å²) < 4.78 is 16.6. The third-order valence-electron chi connectivity index (χ3n) is 8.31. The molecule has 45 heavy (non-hydrogen) atoms. The van der Waals surface area contributed by atoms with Crippen LogP contribution in [-0.2, 0) is 19.1 Å². The van der Waals surface area contributed by atoms with Crippen molar-refractivity contribution in [3.63, 3.8) is 0 Å². The number of nitrogens with one attached hydrogen (secondary N) is 2. The number of nitro groups is 1. The molecule has 1 heterocycles. The fourth-order valence-corrected chi connectivity index (χ4v) is 6.11. The van der Waals surface area contributed by atoms with Crippen molar-refractivity contribution < 1.29 is 33.8 Å². The van der Waals surface area contributed by atoms with Crippen molar-refractivity contribution in [1.82, 2.24) is 10.6 Å². The molecular weight excluding hydrogens is 578 g/mol. The molecule has 242 valence electrons. The van der Waals surface area contributed by atoms with E-state index in [0.29, 0.717) is 42.4 Å². The highest BCUT2D eigenvalue weighted by molar-refractivity contribution is 5.99. The van der Waals surface area contributed by atoms with E-state index in [9.17, 15) is 24.8 Å². The van der Waals surface area contributed by atoms with Crippen LogP contribution in [0.1, 0.15) is 75.3 Å². The van der Waals surface area contributed by atoms with Crippen LogP contribution in [0.4, 0.5) is 5.69 Å². The molecule has 1 fully saturated rings. The van der Waals surface area contributed by atoms with Gasteiger partial charge in [-0.05, 0) is 62.8 Å². The first-order valence-electron chi connectivity index (χ1n) is 15.5. The number of hydrogen-bond donors (Lipinski definition) is 3. The Balaban J connectivity index is 1.29. The second-order valence-electron chi connectivity index (χ2n) is 11.5. The van der Waals surface area contributed by atoms with Crippen molar-refractivity contribution in [3.05, 3.63) is 92.3 Å². The molecule has 2 unspecified atom stereocenters. The van der Waals surface area contributed by atoms with Crippen LogP contribution in [0.2, 0.25) is 0 Å². The molecule has 0 bridgehead atoms. The monoisotopic (exact) mass is 621 g/mol. The number of carbonyl (C=O) groups is 2. The zero-order valence-corrected chi connectivity index (χ0v) is 26.2. The molecule has 11 heteroatoms. The third-order valence-corrected chi connectivity index (χ3v) is 8.31. The number of para-hydroxylation sites is 1. The summed E-state index contributed by atoms with van der Waals surface area (Å²) in [7, 11) is 1.24. The average Bonchev–Trinajstić information content (AvgIpc) is 3.05. The van der Waals surface area contributed by atoms with Gasteiger partial charge in [-0.2, -0.15) is 0 Å². The molecular formula is C34H43N3O8. The fraction of sp³-hybridized carbons (Fsp3) is 0.471. The minimum absolute atomic E-state index is 0.0852. The zero-order chi connectivity index (χ0) is 32.3. The lowest BCUT2D eigenvalue weighted by Gasteiger charge is -2.30. The van der Waals surface area contributed by atoms with E-state index < -0.39 is 28.9 Å². The van der Waals surface area contributed by atoms with Gasteiger partial charge >= 0.3 is 11.9 Å². The van der Waals surface area contributed by atoms with Crippen molar-refractivity contribution in [2.24, 2.45) is 0 Å². The number of esters is 2. The predicted octanol–water partition coefficient (Wildman–Crippen LogP) is 5.01. The van der Waals surface area contributed by atoms with E-state index in [2.05, 4.69) is 16.7 Å². The Labute approximate surface area is 263 Å². The second-order valence-corrected chi connectivity index (χ2v) is 11.5. The van der Waals surface area contributed by atoms with Gasteiger partial charge in [0.05, 0.1) is 35.7 Å². The Hall–Kier alpha value is -4.22. The molecule has 2 aromatic rings. The van der Waals surface area contributed by atoms with Gasteiger partial charge in [0.1, 0.15) is 18.5 Å². The number of aliphatic hydroxyl groups excluding tert-OH is 1. The van der Waals surface area contributed by atoms with E-state index in [4.69, 9.17) is 14.2 Å². The Bertz CT molecular complexity index is 1430. The summed E-state index contributed by atoms with van der Waals surface area (Å²) in [6.45, 7) is 4.43. The number of ether oxygens (including phenoxy) is 3. The normalized spacial score (nSPS) is 17.8. The Morgan fingerprint density at radius 3 is 2.47 bits per heavy atom. The van der Waals surface area contributed by atoms with Crippen molar-refractivity contribution in [2.45, 2.75) is 70.3 Å². The maximum absolute atomic E-state index is 13.4. The van der Waals surface area contributed by atoms with Crippen LogP contribution in [-0.4, -0.2) is 61.5 Å². The number of benzene rings is 2. The number of non-ortho nitro benzene ring substituents is 1. The predicted molar refractivity (Wildman–Crippen MR) is 169 cm³/mol. The summed E-state index contributed by atoms with van der Waals surface area (Å²) in [5.41, 5.74) is 2.77. The van der Waals surface area contributed by atoms with E-state index in [1.165, 1.54) is 63.0 Å². The van der Waals surface area contributed by atoms with E-state index in [0.717, 1.165) is 5.75 Å². The molecule has 2 aliphatic rings. The van der Waals surface area contributed by atoms with Crippen LogP contribution in [0.25, 0.3) is 0 Å². The molecule has 11 nitrogen and oxygen atoms in total. The van der Waals surface area contributed by atoms with Gasteiger partial charge in [0.2, 0.25) is 0 Å². The fourth-order valence-electron chi connectivity index (χ4n) is 6.11. The van der Waals surface area contributed by atoms with Crippen molar-refractivity contribution in [1.29, 1.82) is 0 Å². The minimum atomic E-state index is -0.914. The lowest BCUT2D eigenvalue weighted by Crippen LogP contribution is -2.33. The summed E-state index contributed by atoms with van der Waals surface area (Å²) in [5, 5.41) is 28.2. The summed E-state index contributed by atoms with van der Waals surface area (Å²) >= 11 is 0. The number of dihydropyridines is 1. The Morgan fingerprint density at radius 1 is 1.04 bits per heavy atom. The van der Waals surface area contributed by atoms with Crippen molar-refractivity contribution in [2.75, 3.05) is 33.4 Å². The Morgan fingerprint density at radius 2 is 1.76 bits per heavy atom. The van der Waals surface area contributed by atoms with Gasteiger partial charge in [-0.1, -0.05) is 49.6 Å². The number of allylic oxidation sites excluding steroid dienone is 2. The maximum atomic E-state index is 13.4. The molecule has 0 amide bonds. The molecule has 1 aliphatic carbocycles. The summed E-state index contributed by atoms with van der Waals surface area (Å²) in [6, 6.07) is 13.9. The van der Waals surface area contributed by atoms with E-state index in [1.807, 2.05) is 18.2 Å². The standard InChI is InChI=1S/C34H43N3O8/c1-22-30(33(39)43-3)32(25-13-9-14-26(19-25)37(41)42)31(23(2)36-22)34(40)44-18-10-17-35-20-27(38)21-45-29-16-8-7-15-28(29)24-11-5-4-6-12-24/h7-9,13-16,19,24,27,32,35-36,38H,4-6,10-12,17-18,20-21H2,1-3H3. The zero-order valence-electron chi connectivity index (χ0n) is 26.2. The van der Waals surface area contributed by atoms with Gasteiger partial charge < -0.3 is 30.0 Å². The molecule has 1 saturated carbocycles. The van der Waals surface area contributed by atoms with E-state index in [-0.39, 0.29) is 30.0 Å². The smallest absolute Gasteiger partial charge is 0.336 e. The topological polar surface area (TPSA) is 149 Å². The Kier molecular flexibility index (Phi) is 12.1. The highest BCUT2D eigenvalue weighted by Gasteiger charge is 2.38. The third kappa shape index (κ3) is 8.70. The summed E-state index contributed by atoms with van der Waals surface area (Å²) in [4.78, 5) is 37.1. The molecule has 0 saturated heterocycles.